The number of allylic oxidation sites excluding steroid dienone is 1. The molecule has 2 rings (SSSR count). The van der Waals surface area contributed by atoms with Crippen molar-refractivity contribution in [2.75, 3.05) is 27.4 Å². The Labute approximate surface area is 104 Å². The zero-order valence-corrected chi connectivity index (χ0v) is 11.1. The molecule has 0 bridgehead atoms. The van der Waals surface area contributed by atoms with Crippen LogP contribution < -0.4 is 0 Å². The van der Waals surface area contributed by atoms with Gasteiger partial charge in [0, 0.05) is 27.4 Å². The molecule has 0 radical (unpaired) electrons. The SMILES string of the molecule is CCC1=CC(OC)C(OCCCOC)C2CC12. The lowest BCUT2D eigenvalue weighted by Gasteiger charge is -2.29. The van der Waals surface area contributed by atoms with Gasteiger partial charge in [-0.1, -0.05) is 18.6 Å². The molecule has 0 heterocycles. The van der Waals surface area contributed by atoms with E-state index in [9.17, 15) is 0 Å². The van der Waals surface area contributed by atoms with Crippen molar-refractivity contribution < 1.29 is 14.2 Å². The van der Waals surface area contributed by atoms with Crippen molar-refractivity contribution in [3.05, 3.63) is 11.6 Å². The molecule has 1 fully saturated rings. The third kappa shape index (κ3) is 2.90. The molecule has 17 heavy (non-hydrogen) atoms. The average Bonchev–Trinajstić information content (AvgIpc) is 3.14. The number of fused-ring (bicyclic) bond motifs is 1. The molecule has 0 spiro atoms. The van der Waals surface area contributed by atoms with Crippen LogP contribution in [0.5, 0.6) is 0 Å². The Hall–Kier alpha value is -0.380. The Bertz CT molecular complexity index is 275. The highest BCUT2D eigenvalue weighted by Crippen LogP contribution is 2.52. The van der Waals surface area contributed by atoms with Crippen LogP contribution in [0.25, 0.3) is 0 Å². The molecule has 2 aliphatic rings. The molecule has 0 saturated heterocycles. The fraction of sp³-hybridized carbons (Fsp3) is 0.857. The van der Waals surface area contributed by atoms with Gasteiger partial charge in [-0.2, -0.15) is 0 Å². The Morgan fingerprint density at radius 3 is 2.76 bits per heavy atom. The minimum atomic E-state index is 0.149. The number of methoxy groups -OCH3 is 2. The Balaban J connectivity index is 1.87. The molecule has 4 unspecified atom stereocenters. The van der Waals surface area contributed by atoms with Gasteiger partial charge in [0.05, 0.1) is 6.10 Å². The average molecular weight is 240 g/mol. The highest BCUT2D eigenvalue weighted by Gasteiger charge is 2.50. The van der Waals surface area contributed by atoms with Gasteiger partial charge in [-0.05, 0) is 31.1 Å². The first-order valence-electron chi connectivity index (χ1n) is 6.65. The van der Waals surface area contributed by atoms with Crippen molar-refractivity contribution in [3.63, 3.8) is 0 Å². The highest BCUT2D eigenvalue weighted by atomic mass is 16.5. The van der Waals surface area contributed by atoms with E-state index in [0.29, 0.717) is 5.92 Å². The van der Waals surface area contributed by atoms with E-state index in [2.05, 4.69) is 13.0 Å². The van der Waals surface area contributed by atoms with Gasteiger partial charge in [0.25, 0.3) is 0 Å². The third-order valence-electron chi connectivity index (χ3n) is 3.92. The van der Waals surface area contributed by atoms with Gasteiger partial charge >= 0.3 is 0 Å². The van der Waals surface area contributed by atoms with Crippen LogP contribution in [0, 0.1) is 11.8 Å². The van der Waals surface area contributed by atoms with E-state index in [0.717, 1.165) is 32.0 Å². The lowest BCUT2D eigenvalue weighted by atomic mass is 9.93. The summed E-state index contributed by atoms with van der Waals surface area (Å²) < 4.78 is 16.6. The molecule has 2 aliphatic carbocycles. The van der Waals surface area contributed by atoms with Crippen LogP contribution >= 0.6 is 0 Å². The van der Waals surface area contributed by atoms with Crippen LogP contribution in [0.15, 0.2) is 11.6 Å². The van der Waals surface area contributed by atoms with E-state index >= 15 is 0 Å². The first-order chi connectivity index (χ1) is 8.31. The number of hydrogen-bond donors (Lipinski definition) is 0. The first-order valence-corrected chi connectivity index (χ1v) is 6.65. The van der Waals surface area contributed by atoms with Crippen LogP contribution in [-0.4, -0.2) is 39.6 Å². The molecule has 0 aromatic carbocycles. The van der Waals surface area contributed by atoms with Gasteiger partial charge < -0.3 is 14.2 Å². The summed E-state index contributed by atoms with van der Waals surface area (Å²) in [4.78, 5) is 0. The van der Waals surface area contributed by atoms with Gasteiger partial charge in [0.15, 0.2) is 0 Å². The van der Waals surface area contributed by atoms with Crippen LogP contribution in [0.3, 0.4) is 0 Å². The summed E-state index contributed by atoms with van der Waals surface area (Å²) in [5.41, 5.74) is 1.57. The topological polar surface area (TPSA) is 27.7 Å². The summed E-state index contributed by atoms with van der Waals surface area (Å²) >= 11 is 0. The largest absolute Gasteiger partial charge is 0.385 e. The summed E-state index contributed by atoms with van der Waals surface area (Å²) in [7, 11) is 3.51. The molecule has 1 saturated carbocycles. The minimum absolute atomic E-state index is 0.149. The summed E-state index contributed by atoms with van der Waals surface area (Å²) in [5, 5.41) is 0. The molecule has 0 aromatic rings. The first kappa shape index (κ1) is 13.1. The number of hydrogen-bond acceptors (Lipinski definition) is 3. The molecular weight excluding hydrogens is 216 g/mol. The van der Waals surface area contributed by atoms with E-state index in [-0.39, 0.29) is 12.2 Å². The zero-order chi connectivity index (χ0) is 12.3. The summed E-state index contributed by atoms with van der Waals surface area (Å²) in [6.07, 6.45) is 6.10. The quantitative estimate of drug-likeness (QED) is 0.505. The molecule has 0 aromatic heterocycles. The molecule has 0 N–H and O–H groups in total. The summed E-state index contributed by atoms with van der Waals surface area (Å²) in [6, 6.07) is 0. The van der Waals surface area contributed by atoms with E-state index in [1.165, 1.54) is 6.42 Å². The fourth-order valence-corrected chi connectivity index (χ4v) is 2.90. The van der Waals surface area contributed by atoms with Crippen LogP contribution in [0.4, 0.5) is 0 Å². The molecule has 3 nitrogen and oxygen atoms in total. The predicted molar refractivity (Wildman–Crippen MR) is 67.0 cm³/mol. The van der Waals surface area contributed by atoms with E-state index in [1.54, 1.807) is 19.8 Å². The maximum Gasteiger partial charge on any atom is 0.102 e. The summed E-state index contributed by atoms with van der Waals surface area (Å²) in [6.45, 7) is 3.78. The normalized spacial score (nSPS) is 35.4. The van der Waals surface area contributed by atoms with Gasteiger partial charge in [-0.15, -0.1) is 0 Å². The van der Waals surface area contributed by atoms with Gasteiger partial charge in [0.1, 0.15) is 6.10 Å². The van der Waals surface area contributed by atoms with E-state index < -0.39 is 0 Å². The number of ether oxygens (including phenoxy) is 3. The van der Waals surface area contributed by atoms with Crippen molar-refractivity contribution in [2.24, 2.45) is 11.8 Å². The molecule has 98 valence electrons. The Morgan fingerprint density at radius 1 is 1.29 bits per heavy atom. The minimum Gasteiger partial charge on any atom is -0.385 e. The Morgan fingerprint density at radius 2 is 2.12 bits per heavy atom. The van der Waals surface area contributed by atoms with Crippen LogP contribution in [0.1, 0.15) is 26.2 Å². The van der Waals surface area contributed by atoms with Gasteiger partial charge in [-0.25, -0.2) is 0 Å². The maximum atomic E-state index is 5.99. The van der Waals surface area contributed by atoms with Crippen LogP contribution in [-0.2, 0) is 14.2 Å². The highest BCUT2D eigenvalue weighted by molar-refractivity contribution is 5.25. The predicted octanol–water partition coefficient (Wildman–Crippen LogP) is 2.41. The number of rotatable bonds is 7. The maximum absolute atomic E-state index is 5.99. The van der Waals surface area contributed by atoms with Gasteiger partial charge in [0.2, 0.25) is 0 Å². The zero-order valence-electron chi connectivity index (χ0n) is 11.1. The van der Waals surface area contributed by atoms with Crippen LogP contribution in [0.2, 0.25) is 0 Å². The van der Waals surface area contributed by atoms with Crippen molar-refractivity contribution in [2.45, 2.75) is 38.4 Å². The lowest BCUT2D eigenvalue weighted by Crippen LogP contribution is -2.35. The molecule has 3 heteroatoms. The molecular formula is C14H24O3. The van der Waals surface area contributed by atoms with Crippen molar-refractivity contribution in [3.8, 4) is 0 Å². The second kappa shape index (κ2) is 5.98. The smallest absolute Gasteiger partial charge is 0.102 e. The Kier molecular flexibility index (Phi) is 4.60. The monoisotopic (exact) mass is 240 g/mol. The van der Waals surface area contributed by atoms with Gasteiger partial charge in [-0.3, -0.25) is 0 Å². The molecule has 4 atom stereocenters. The van der Waals surface area contributed by atoms with Crippen molar-refractivity contribution in [1.82, 2.24) is 0 Å². The second-order valence-electron chi connectivity index (χ2n) is 4.98. The van der Waals surface area contributed by atoms with Crippen molar-refractivity contribution in [1.29, 1.82) is 0 Å². The molecule has 0 amide bonds. The van der Waals surface area contributed by atoms with E-state index in [1.807, 2.05) is 0 Å². The summed E-state index contributed by atoms with van der Waals surface area (Å²) in [5.74, 6) is 1.47. The lowest BCUT2D eigenvalue weighted by molar-refractivity contribution is -0.0562. The third-order valence-corrected chi connectivity index (χ3v) is 3.92. The fourth-order valence-electron chi connectivity index (χ4n) is 2.90. The molecule has 0 aliphatic heterocycles. The van der Waals surface area contributed by atoms with Crippen molar-refractivity contribution >= 4 is 0 Å². The standard InChI is InChI=1S/C14H24O3/c1-4-10-8-13(16-3)14(12-9-11(10)12)17-7-5-6-15-2/h8,11-14H,4-7,9H2,1-3H3. The second-order valence-corrected chi connectivity index (χ2v) is 4.98. The van der Waals surface area contributed by atoms with E-state index in [4.69, 9.17) is 14.2 Å².